The molecule has 0 unspecified atom stereocenters. The lowest BCUT2D eigenvalue weighted by Gasteiger charge is -2.32. The van der Waals surface area contributed by atoms with Gasteiger partial charge < -0.3 is 19.3 Å². The SMILES string of the molecule is COc1cc(C=O)ccc1OCC(=O)N1CCN(C)CC1. The molecule has 0 aliphatic carbocycles. The van der Waals surface area contributed by atoms with Gasteiger partial charge in [-0.05, 0) is 25.2 Å². The molecule has 2 rings (SSSR count). The average molecular weight is 292 g/mol. The van der Waals surface area contributed by atoms with Crippen molar-refractivity contribution in [2.75, 3.05) is 46.9 Å². The fraction of sp³-hybridized carbons (Fsp3) is 0.467. The molecule has 0 N–H and O–H groups in total. The molecule has 1 aliphatic rings. The van der Waals surface area contributed by atoms with Gasteiger partial charge in [0.2, 0.25) is 0 Å². The molecule has 0 atom stereocenters. The summed E-state index contributed by atoms with van der Waals surface area (Å²) < 4.78 is 10.7. The van der Waals surface area contributed by atoms with Crippen LogP contribution in [0.5, 0.6) is 11.5 Å². The van der Waals surface area contributed by atoms with E-state index in [0.717, 1.165) is 32.5 Å². The highest BCUT2D eigenvalue weighted by atomic mass is 16.5. The normalized spacial score (nSPS) is 15.6. The minimum atomic E-state index is -0.0374. The van der Waals surface area contributed by atoms with Gasteiger partial charge in [-0.15, -0.1) is 0 Å². The summed E-state index contributed by atoms with van der Waals surface area (Å²) in [5.74, 6) is 0.876. The van der Waals surface area contributed by atoms with E-state index in [1.165, 1.54) is 7.11 Å². The van der Waals surface area contributed by atoms with E-state index >= 15 is 0 Å². The number of nitrogens with zero attached hydrogens (tertiary/aromatic N) is 2. The van der Waals surface area contributed by atoms with Gasteiger partial charge in [-0.1, -0.05) is 0 Å². The molecule has 0 bridgehead atoms. The highest BCUT2D eigenvalue weighted by molar-refractivity contribution is 5.78. The average Bonchev–Trinajstić information content (AvgIpc) is 2.53. The Morgan fingerprint density at radius 1 is 1.24 bits per heavy atom. The van der Waals surface area contributed by atoms with E-state index in [9.17, 15) is 9.59 Å². The van der Waals surface area contributed by atoms with E-state index in [1.54, 1.807) is 23.1 Å². The summed E-state index contributed by atoms with van der Waals surface area (Å²) in [7, 11) is 3.54. The molecule has 114 valence electrons. The van der Waals surface area contributed by atoms with E-state index in [-0.39, 0.29) is 12.5 Å². The highest BCUT2D eigenvalue weighted by Crippen LogP contribution is 2.27. The number of likely N-dealkylation sites (N-methyl/N-ethyl adjacent to an activating group) is 1. The fourth-order valence-corrected chi connectivity index (χ4v) is 2.16. The summed E-state index contributed by atoms with van der Waals surface area (Å²) >= 11 is 0. The molecule has 1 heterocycles. The number of amides is 1. The lowest BCUT2D eigenvalue weighted by molar-refractivity contribution is -0.134. The number of hydrogen-bond acceptors (Lipinski definition) is 5. The van der Waals surface area contributed by atoms with Crippen LogP contribution in [-0.2, 0) is 4.79 Å². The van der Waals surface area contributed by atoms with E-state index in [2.05, 4.69) is 4.90 Å². The van der Waals surface area contributed by atoms with Crippen LogP contribution in [0.3, 0.4) is 0 Å². The summed E-state index contributed by atoms with van der Waals surface area (Å²) in [6.45, 7) is 3.17. The van der Waals surface area contributed by atoms with E-state index in [1.807, 2.05) is 7.05 Å². The Morgan fingerprint density at radius 2 is 1.95 bits per heavy atom. The summed E-state index contributed by atoms with van der Waals surface area (Å²) in [4.78, 5) is 26.8. The first kappa shape index (κ1) is 15.3. The lowest BCUT2D eigenvalue weighted by atomic mass is 10.2. The number of ether oxygens (including phenoxy) is 2. The first-order chi connectivity index (χ1) is 10.1. The van der Waals surface area contributed by atoms with Crippen LogP contribution in [0.15, 0.2) is 18.2 Å². The van der Waals surface area contributed by atoms with Crippen molar-refractivity contribution < 1.29 is 19.1 Å². The molecule has 0 spiro atoms. The van der Waals surface area contributed by atoms with Crippen LogP contribution in [0, 0.1) is 0 Å². The molecule has 0 radical (unpaired) electrons. The molecule has 1 saturated heterocycles. The lowest BCUT2D eigenvalue weighted by Crippen LogP contribution is -2.48. The maximum atomic E-state index is 12.1. The Hall–Kier alpha value is -2.08. The molecule has 21 heavy (non-hydrogen) atoms. The van der Waals surface area contributed by atoms with Crippen molar-refractivity contribution in [2.24, 2.45) is 0 Å². The van der Waals surface area contributed by atoms with Gasteiger partial charge in [0.1, 0.15) is 6.29 Å². The number of hydrogen-bond donors (Lipinski definition) is 0. The molecular weight excluding hydrogens is 272 g/mol. The zero-order valence-corrected chi connectivity index (χ0v) is 12.4. The molecule has 1 amide bonds. The van der Waals surface area contributed by atoms with Crippen LogP contribution in [-0.4, -0.2) is 68.9 Å². The second-order valence-corrected chi connectivity index (χ2v) is 5.00. The maximum Gasteiger partial charge on any atom is 0.260 e. The fourth-order valence-electron chi connectivity index (χ4n) is 2.16. The molecule has 6 nitrogen and oxygen atoms in total. The number of carbonyl (C=O) groups excluding carboxylic acids is 2. The Kier molecular flexibility index (Phi) is 5.16. The van der Waals surface area contributed by atoms with Gasteiger partial charge in [0.25, 0.3) is 5.91 Å². The van der Waals surface area contributed by atoms with Crippen LogP contribution in [0.1, 0.15) is 10.4 Å². The molecule has 1 aliphatic heterocycles. The van der Waals surface area contributed by atoms with Gasteiger partial charge in [-0.2, -0.15) is 0 Å². The standard InChI is InChI=1S/C15H20N2O4/c1-16-5-7-17(8-6-16)15(19)11-21-13-4-3-12(10-18)9-14(13)20-2/h3-4,9-10H,5-8,11H2,1-2H3. The zero-order chi connectivity index (χ0) is 15.2. The van der Waals surface area contributed by atoms with Crippen molar-refractivity contribution in [3.63, 3.8) is 0 Å². The summed E-state index contributed by atoms with van der Waals surface area (Å²) in [6, 6.07) is 4.85. The molecule has 0 saturated carbocycles. The van der Waals surface area contributed by atoms with Crippen molar-refractivity contribution in [1.29, 1.82) is 0 Å². The molecule has 6 heteroatoms. The Labute approximate surface area is 124 Å². The summed E-state index contributed by atoms with van der Waals surface area (Å²) in [5, 5.41) is 0. The predicted molar refractivity (Wildman–Crippen MR) is 78.0 cm³/mol. The minimum absolute atomic E-state index is 0.0273. The third-order valence-corrected chi connectivity index (χ3v) is 3.53. The van der Waals surface area contributed by atoms with Gasteiger partial charge in [0, 0.05) is 31.7 Å². The Morgan fingerprint density at radius 3 is 2.57 bits per heavy atom. The second kappa shape index (κ2) is 7.08. The number of methoxy groups -OCH3 is 1. The van der Waals surface area contributed by atoms with Crippen LogP contribution in [0.2, 0.25) is 0 Å². The van der Waals surface area contributed by atoms with Crippen LogP contribution < -0.4 is 9.47 Å². The van der Waals surface area contributed by atoms with E-state index in [4.69, 9.17) is 9.47 Å². The smallest absolute Gasteiger partial charge is 0.260 e. The number of aldehydes is 1. The number of rotatable bonds is 5. The first-order valence-corrected chi connectivity index (χ1v) is 6.86. The van der Waals surface area contributed by atoms with Gasteiger partial charge in [0.05, 0.1) is 7.11 Å². The van der Waals surface area contributed by atoms with Crippen molar-refractivity contribution in [3.05, 3.63) is 23.8 Å². The van der Waals surface area contributed by atoms with Gasteiger partial charge in [0.15, 0.2) is 18.1 Å². The minimum Gasteiger partial charge on any atom is -0.493 e. The first-order valence-electron chi connectivity index (χ1n) is 6.86. The topological polar surface area (TPSA) is 59.1 Å². The maximum absolute atomic E-state index is 12.1. The zero-order valence-electron chi connectivity index (χ0n) is 12.4. The van der Waals surface area contributed by atoms with Crippen LogP contribution in [0.25, 0.3) is 0 Å². The van der Waals surface area contributed by atoms with Crippen molar-refractivity contribution >= 4 is 12.2 Å². The van der Waals surface area contributed by atoms with Crippen molar-refractivity contribution in [2.45, 2.75) is 0 Å². The molecular formula is C15H20N2O4. The van der Waals surface area contributed by atoms with Crippen LogP contribution in [0.4, 0.5) is 0 Å². The number of piperazine rings is 1. The predicted octanol–water partition coefficient (Wildman–Crippen LogP) is 0.660. The molecule has 1 aromatic carbocycles. The van der Waals surface area contributed by atoms with Crippen molar-refractivity contribution in [1.82, 2.24) is 9.80 Å². The van der Waals surface area contributed by atoms with Crippen LogP contribution >= 0.6 is 0 Å². The monoisotopic (exact) mass is 292 g/mol. The Bertz CT molecular complexity index is 510. The molecule has 1 aromatic rings. The summed E-state index contributed by atoms with van der Waals surface area (Å²) in [5.41, 5.74) is 0.504. The summed E-state index contributed by atoms with van der Waals surface area (Å²) in [6.07, 6.45) is 0.738. The number of benzene rings is 1. The highest BCUT2D eigenvalue weighted by Gasteiger charge is 2.19. The van der Waals surface area contributed by atoms with E-state index in [0.29, 0.717) is 17.1 Å². The van der Waals surface area contributed by atoms with Gasteiger partial charge >= 0.3 is 0 Å². The molecule has 0 aromatic heterocycles. The molecule has 1 fully saturated rings. The third kappa shape index (κ3) is 3.95. The Balaban J connectivity index is 1.93. The van der Waals surface area contributed by atoms with Crippen molar-refractivity contribution in [3.8, 4) is 11.5 Å². The van der Waals surface area contributed by atoms with Gasteiger partial charge in [-0.3, -0.25) is 9.59 Å². The van der Waals surface area contributed by atoms with Gasteiger partial charge in [-0.25, -0.2) is 0 Å². The third-order valence-electron chi connectivity index (χ3n) is 3.53. The quantitative estimate of drug-likeness (QED) is 0.746. The largest absolute Gasteiger partial charge is 0.493 e. The number of carbonyl (C=O) groups is 2. The van der Waals surface area contributed by atoms with E-state index < -0.39 is 0 Å². The second-order valence-electron chi connectivity index (χ2n) is 5.00.